The number of hydrogen-bond donors (Lipinski definition) is 1. The summed E-state index contributed by atoms with van der Waals surface area (Å²) < 4.78 is 0. The van der Waals surface area contributed by atoms with Gasteiger partial charge in [0.15, 0.2) is 0 Å². The van der Waals surface area contributed by atoms with Crippen molar-refractivity contribution in [2.75, 3.05) is 19.6 Å². The van der Waals surface area contributed by atoms with Crippen LogP contribution in [0, 0.1) is 0 Å². The quantitative estimate of drug-likeness (QED) is 0.780. The van der Waals surface area contributed by atoms with Gasteiger partial charge in [-0.1, -0.05) is 19.9 Å². The van der Waals surface area contributed by atoms with E-state index in [2.05, 4.69) is 29.0 Å². The predicted octanol–water partition coefficient (Wildman–Crippen LogP) is 1.04. The summed E-state index contributed by atoms with van der Waals surface area (Å²) in [6.45, 7) is 6.92. The number of hydrogen-bond acceptors (Lipinski definition) is 3. The first kappa shape index (κ1) is 12.6. The summed E-state index contributed by atoms with van der Waals surface area (Å²) in [5.74, 6) is 0.0625. The van der Waals surface area contributed by atoms with Gasteiger partial charge in [-0.05, 0) is 24.7 Å². The lowest BCUT2D eigenvalue weighted by Gasteiger charge is -2.17. The van der Waals surface area contributed by atoms with Gasteiger partial charge >= 0.3 is 0 Å². The van der Waals surface area contributed by atoms with Gasteiger partial charge < -0.3 is 5.32 Å². The smallest absolute Gasteiger partial charge is 0.234 e. The third-order valence-electron chi connectivity index (χ3n) is 2.47. The number of likely N-dealkylation sites (N-methyl/N-ethyl adjacent to an activating group) is 1. The fourth-order valence-electron chi connectivity index (χ4n) is 1.41. The first-order chi connectivity index (χ1) is 7.76. The molecule has 0 aliphatic carbocycles. The van der Waals surface area contributed by atoms with Gasteiger partial charge in [-0.2, -0.15) is 0 Å². The lowest BCUT2D eigenvalue weighted by atomic mass is 10.3. The highest BCUT2D eigenvalue weighted by Crippen LogP contribution is 1.94. The Balaban J connectivity index is 2.30. The molecule has 0 fully saturated rings. The summed E-state index contributed by atoms with van der Waals surface area (Å²) in [6.07, 6.45) is 3.49. The van der Waals surface area contributed by atoms with Crippen molar-refractivity contribution >= 4 is 5.91 Å². The molecule has 0 aromatic carbocycles. The highest BCUT2D eigenvalue weighted by atomic mass is 16.2. The van der Waals surface area contributed by atoms with Gasteiger partial charge in [-0.25, -0.2) is 0 Å². The molecule has 1 aromatic rings. The molecule has 0 bridgehead atoms. The zero-order valence-electron chi connectivity index (χ0n) is 9.94. The van der Waals surface area contributed by atoms with Gasteiger partial charge in [0.05, 0.1) is 6.54 Å². The maximum Gasteiger partial charge on any atom is 0.234 e. The Hall–Kier alpha value is -1.42. The molecule has 0 spiro atoms. The van der Waals surface area contributed by atoms with E-state index in [1.807, 2.05) is 12.1 Å². The summed E-state index contributed by atoms with van der Waals surface area (Å²) in [5, 5.41) is 2.88. The summed E-state index contributed by atoms with van der Waals surface area (Å²) in [5.41, 5.74) is 1.02. The van der Waals surface area contributed by atoms with Crippen LogP contribution in [0.25, 0.3) is 0 Å². The monoisotopic (exact) mass is 221 g/mol. The molecule has 0 aliphatic heterocycles. The van der Waals surface area contributed by atoms with Crippen LogP contribution in [0.1, 0.15) is 19.4 Å². The van der Waals surface area contributed by atoms with E-state index in [1.54, 1.807) is 12.4 Å². The fraction of sp³-hybridized carbons (Fsp3) is 0.500. The number of aromatic nitrogens is 1. The number of pyridine rings is 1. The van der Waals surface area contributed by atoms with Crippen molar-refractivity contribution in [1.29, 1.82) is 0 Å². The highest BCUT2D eigenvalue weighted by Gasteiger charge is 2.06. The number of rotatable bonds is 6. The topological polar surface area (TPSA) is 45.2 Å². The van der Waals surface area contributed by atoms with E-state index in [9.17, 15) is 4.79 Å². The maximum absolute atomic E-state index is 11.6. The Bertz CT molecular complexity index is 309. The Labute approximate surface area is 96.7 Å². The molecule has 0 aliphatic rings. The molecule has 0 atom stereocenters. The average molecular weight is 221 g/mol. The van der Waals surface area contributed by atoms with E-state index >= 15 is 0 Å². The van der Waals surface area contributed by atoms with Crippen LogP contribution in [-0.4, -0.2) is 35.4 Å². The van der Waals surface area contributed by atoms with Crippen LogP contribution < -0.4 is 5.32 Å². The second-order valence-electron chi connectivity index (χ2n) is 3.60. The standard InChI is InChI=1S/C12H19N3O/c1-3-15(4-2)10-12(16)14-9-11-6-5-7-13-8-11/h5-8H,3-4,9-10H2,1-2H3,(H,14,16). The Morgan fingerprint density at radius 1 is 1.44 bits per heavy atom. The normalized spacial score (nSPS) is 10.4. The minimum atomic E-state index is 0.0625. The largest absolute Gasteiger partial charge is 0.351 e. The summed E-state index contributed by atoms with van der Waals surface area (Å²) >= 11 is 0. The van der Waals surface area contributed by atoms with Crippen LogP contribution in [0.4, 0.5) is 0 Å². The van der Waals surface area contributed by atoms with Crippen molar-refractivity contribution in [3.05, 3.63) is 30.1 Å². The van der Waals surface area contributed by atoms with E-state index in [4.69, 9.17) is 0 Å². The van der Waals surface area contributed by atoms with Crippen LogP contribution in [0.15, 0.2) is 24.5 Å². The maximum atomic E-state index is 11.6. The minimum Gasteiger partial charge on any atom is -0.351 e. The van der Waals surface area contributed by atoms with Gasteiger partial charge in [-0.15, -0.1) is 0 Å². The average Bonchev–Trinajstić information content (AvgIpc) is 2.34. The molecule has 4 nitrogen and oxygen atoms in total. The van der Waals surface area contributed by atoms with Gasteiger partial charge in [0.25, 0.3) is 0 Å². The molecule has 1 aromatic heterocycles. The molecule has 1 N–H and O–H groups in total. The number of carbonyl (C=O) groups is 1. The molecular formula is C12H19N3O. The molecule has 88 valence electrons. The number of amides is 1. The number of nitrogens with one attached hydrogen (secondary N) is 1. The Morgan fingerprint density at radius 3 is 2.75 bits per heavy atom. The minimum absolute atomic E-state index is 0.0625. The van der Waals surface area contributed by atoms with E-state index < -0.39 is 0 Å². The molecule has 0 radical (unpaired) electrons. The zero-order valence-corrected chi connectivity index (χ0v) is 9.94. The van der Waals surface area contributed by atoms with E-state index in [1.165, 1.54) is 0 Å². The van der Waals surface area contributed by atoms with Crippen LogP contribution in [-0.2, 0) is 11.3 Å². The van der Waals surface area contributed by atoms with E-state index in [0.29, 0.717) is 13.1 Å². The van der Waals surface area contributed by atoms with Crippen LogP contribution in [0.5, 0.6) is 0 Å². The zero-order chi connectivity index (χ0) is 11.8. The highest BCUT2D eigenvalue weighted by molar-refractivity contribution is 5.77. The molecule has 1 rings (SSSR count). The molecule has 0 saturated carbocycles. The second kappa shape index (κ2) is 6.95. The fourth-order valence-corrected chi connectivity index (χ4v) is 1.41. The lowest BCUT2D eigenvalue weighted by molar-refractivity contribution is -0.122. The van der Waals surface area contributed by atoms with Crippen molar-refractivity contribution in [3.8, 4) is 0 Å². The summed E-state index contributed by atoms with van der Waals surface area (Å²) in [4.78, 5) is 17.6. The number of carbonyl (C=O) groups excluding carboxylic acids is 1. The first-order valence-corrected chi connectivity index (χ1v) is 5.64. The SMILES string of the molecule is CCN(CC)CC(=O)NCc1cccnc1. The number of nitrogens with zero attached hydrogens (tertiary/aromatic N) is 2. The Kier molecular flexibility index (Phi) is 5.50. The van der Waals surface area contributed by atoms with Gasteiger partial charge in [0.2, 0.25) is 5.91 Å². The second-order valence-corrected chi connectivity index (χ2v) is 3.60. The molecule has 16 heavy (non-hydrogen) atoms. The molecule has 1 amide bonds. The van der Waals surface area contributed by atoms with Gasteiger partial charge in [0, 0.05) is 18.9 Å². The third-order valence-corrected chi connectivity index (χ3v) is 2.47. The van der Waals surface area contributed by atoms with Crippen LogP contribution >= 0.6 is 0 Å². The van der Waals surface area contributed by atoms with Crippen molar-refractivity contribution in [2.45, 2.75) is 20.4 Å². The molecule has 1 heterocycles. The third kappa shape index (κ3) is 4.40. The summed E-state index contributed by atoms with van der Waals surface area (Å²) in [7, 11) is 0. The molecular weight excluding hydrogens is 202 g/mol. The van der Waals surface area contributed by atoms with Crippen molar-refractivity contribution in [2.24, 2.45) is 0 Å². The first-order valence-electron chi connectivity index (χ1n) is 5.64. The van der Waals surface area contributed by atoms with Gasteiger partial charge in [0.1, 0.15) is 0 Å². The predicted molar refractivity (Wildman–Crippen MR) is 63.9 cm³/mol. The van der Waals surface area contributed by atoms with Gasteiger partial charge in [-0.3, -0.25) is 14.7 Å². The lowest BCUT2D eigenvalue weighted by Crippen LogP contribution is -2.36. The van der Waals surface area contributed by atoms with Crippen molar-refractivity contribution < 1.29 is 4.79 Å². The Morgan fingerprint density at radius 2 is 2.19 bits per heavy atom. The van der Waals surface area contributed by atoms with Crippen molar-refractivity contribution in [3.63, 3.8) is 0 Å². The van der Waals surface area contributed by atoms with Crippen molar-refractivity contribution in [1.82, 2.24) is 15.2 Å². The molecule has 0 saturated heterocycles. The van der Waals surface area contributed by atoms with E-state index in [-0.39, 0.29) is 5.91 Å². The molecule has 4 heteroatoms. The van der Waals surface area contributed by atoms with E-state index in [0.717, 1.165) is 18.7 Å². The molecule has 0 unspecified atom stereocenters. The van der Waals surface area contributed by atoms with Crippen LogP contribution in [0.2, 0.25) is 0 Å². The van der Waals surface area contributed by atoms with Crippen LogP contribution in [0.3, 0.4) is 0 Å². The summed E-state index contributed by atoms with van der Waals surface area (Å²) in [6, 6.07) is 3.82.